The minimum Gasteiger partial charge on any atom is -0.753 e. The largest absolute Gasteiger partial charge is 2.00 e. The van der Waals surface area contributed by atoms with E-state index in [2.05, 4.69) is 54.8 Å². The summed E-state index contributed by atoms with van der Waals surface area (Å²) in [6.07, 6.45) is 7.36. The number of aromatic nitrogens is 8. The zero-order valence-electron chi connectivity index (χ0n) is 18.9. The van der Waals surface area contributed by atoms with E-state index in [0.29, 0.717) is 0 Å². The Balaban J connectivity index is 0.000000211. The summed E-state index contributed by atoms with van der Waals surface area (Å²) in [5.41, 5.74) is 3.32. The number of nitrogens with zero attached hydrogens (tertiary/aromatic N) is 10. The number of hydrogen-bond donors (Lipinski definition) is 0. The van der Waals surface area contributed by atoms with Gasteiger partial charge >= 0.3 is 17.1 Å². The first-order chi connectivity index (χ1) is 17.7. The summed E-state index contributed by atoms with van der Waals surface area (Å²) in [6, 6.07) is 23.1. The van der Waals surface area contributed by atoms with Crippen molar-refractivity contribution >= 4 is 46.1 Å². The molecule has 6 rings (SSSR count). The molecule has 182 valence electrons. The summed E-state index contributed by atoms with van der Waals surface area (Å²) in [5.74, 6) is 1.54. The number of hydrogen-bond acceptors (Lipinski definition) is 8. The molecule has 0 aromatic carbocycles. The van der Waals surface area contributed by atoms with Crippen LogP contribution in [0.1, 0.15) is 0 Å². The Bertz CT molecular complexity index is 1470. The molecule has 0 aliphatic rings. The molecule has 6 aromatic heterocycles. The van der Waals surface area contributed by atoms with Gasteiger partial charge in [-0.15, -0.1) is 20.4 Å². The van der Waals surface area contributed by atoms with Crippen molar-refractivity contribution in [2.45, 2.75) is 0 Å². The Morgan fingerprint density at radius 2 is 0.946 bits per heavy atom. The Kier molecular flexibility index (Phi) is 12.2. The number of isothiocyanates is 2. The predicted octanol–water partition coefficient (Wildman–Crippen LogP) is 4.90. The molecule has 37 heavy (non-hydrogen) atoms. The van der Waals surface area contributed by atoms with Gasteiger partial charge in [0.25, 0.3) is 0 Å². The average molecular weight is 564 g/mol. The van der Waals surface area contributed by atoms with Crippen molar-refractivity contribution in [2.75, 3.05) is 0 Å². The van der Waals surface area contributed by atoms with Crippen LogP contribution in [0.5, 0.6) is 0 Å². The summed E-state index contributed by atoms with van der Waals surface area (Å²) < 4.78 is 3.84. The molecular weight excluding hydrogens is 548 g/mol. The molecule has 6 heterocycles. The van der Waals surface area contributed by atoms with Crippen molar-refractivity contribution < 1.29 is 17.1 Å². The van der Waals surface area contributed by atoms with Gasteiger partial charge < -0.3 is 10.8 Å². The second-order valence-corrected chi connectivity index (χ2v) is 6.88. The van der Waals surface area contributed by atoms with Crippen LogP contribution in [0.15, 0.2) is 97.6 Å². The molecule has 0 N–H and O–H groups in total. The van der Waals surface area contributed by atoms with Gasteiger partial charge in [-0.3, -0.25) is 18.8 Å². The van der Waals surface area contributed by atoms with Gasteiger partial charge in [-0.1, -0.05) is 48.7 Å². The maximum absolute atomic E-state index is 7.13. The molecular formula is C24H16FeN10S2. The first kappa shape index (κ1) is 28.9. The molecule has 0 aliphatic carbocycles. The molecule has 0 atom stereocenters. The van der Waals surface area contributed by atoms with E-state index in [-0.39, 0.29) is 17.1 Å². The first-order valence-electron chi connectivity index (χ1n) is 10.2. The summed E-state index contributed by atoms with van der Waals surface area (Å²) in [6.45, 7) is 0. The van der Waals surface area contributed by atoms with Crippen LogP contribution in [0, 0.1) is 0 Å². The van der Waals surface area contributed by atoms with Crippen molar-refractivity contribution in [3.8, 4) is 23.0 Å². The van der Waals surface area contributed by atoms with Crippen LogP contribution in [-0.4, -0.2) is 49.5 Å². The van der Waals surface area contributed by atoms with Gasteiger partial charge in [0.05, 0.1) is 0 Å². The normalized spacial score (nSPS) is 9.08. The second kappa shape index (κ2) is 15.6. The molecule has 0 fully saturated rings. The van der Waals surface area contributed by atoms with Crippen LogP contribution in [0.3, 0.4) is 0 Å². The Hall–Kier alpha value is -4.34. The molecule has 10 nitrogen and oxygen atoms in total. The van der Waals surface area contributed by atoms with E-state index in [1.807, 2.05) is 94.0 Å². The van der Waals surface area contributed by atoms with Crippen LogP contribution in [0.2, 0.25) is 0 Å². The molecule has 0 spiro atoms. The number of fused-ring (bicyclic) bond motifs is 2. The zero-order valence-corrected chi connectivity index (χ0v) is 21.6. The summed E-state index contributed by atoms with van der Waals surface area (Å²) in [5, 5.41) is 33.3. The van der Waals surface area contributed by atoms with Gasteiger partial charge in [0.15, 0.2) is 22.9 Å². The molecule has 13 heteroatoms. The van der Waals surface area contributed by atoms with Crippen LogP contribution < -0.4 is 0 Å². The molecule has 0 bridgehead atoms. The zero-order chi connectivity index (χ0) is 25.6. The SMILES string of the molecule is [Fe+2].[N-]=C=S.[N-]=C=S.c1ccc(-c2nnc3ccccn23)nc1.c1ccc(-c2nnc3ccccn23)nc1. The van der Waals surface area contributed by atoms with Crippen LogP contribution in [0.25, 0.3) is 45.1 Å². The number of rotatable bonds is 2. The standard InChI is InChI=1S/2C11H8N4.2CNS.Fe/c2*1-3-7-12-9(5-1)11-14-13-10-6-2-4-8-15(10)11;2*2-1-3;/h2*1-8H;;;/q;;2*-1;+2. The predicted molar refractivity (Wildman–Crippen MR) is 144 cm³/mol. The molecule has 0 amide bonds. The van der Waals surface area contributed by atoms with Crippen molar-refractivity contribution in [1.82, 2.24) is 39.2 Å². The fraction of sp³-hybridized carbons (Fsp3) is 0. The summed E-state index contributed by atoms with van der Waals surface area (Å²) >= 11 is 7.40. The molecule has 0 radical (unpaired) electrons. The van der Waals surface area contributed by atoms with Crippen molar-refractivity contribution in [1.29, 1.82) is 0 Å². The fourth-order valence-corrected chi connectivity index (χ4v) is 3.02. The van der Waals surface area contributed by atoms with Gasteiger partial charge in [-0.2, -0.15) is 10.3 Å². The van der Waals surface area contributed by atoms with E-state index in [4.69, 9.17) is 10.8 Å². The van der Waals surface area contributed by atoms with Gasteiger partial charge in [0.2, 0.25) is 0 Å². The third kappa shape index (κ3) is 7.82. The van der Waals surface area contributed by atoms with Crippen LogP contribution in [-0.2, 0) is 17.1 Å². The number of thiocarbonyl (C=S) groups is 2. The topological polar surface area (TPSA) is 131 Å². The van der Waals surface area contributed by atoms with E-state index >= 15 is 0 Å². The molecule has 0 unspecified atom stereocenters. The molecule has 6 aromatic rings. The van der Waals surface area contributed by atoms with E-state index in [1.165, 1.54) is 10.3 Å². The summed E-state index contributed by atoms with van der Waals surface area (Å²) in [4.78, 5) is 8.50. The Morgan fingerprint density at radius 3 is 1.30 bits per heavy atom. The monoisotopic (exact) mass is 564 g/mol. The minimum atomic E-state index is 0. The molecule has 0 aliphatic heterocycles. The van der Waals surface area contributed by atoms with Crippen molar-refractivity contribution in [3.63, 3.8) is 0 Å². The van der Waals surface area contributed by atoms with E-state index in [0.717, 1.165) is 34.3 Å². The van der Waals surface area contributed by atoms with E-state index < -0.39 is 0 Å². The maximum Gasteiger partial charge on any atom is 2.00 e. The third-order valence-corrected chi connectivity index (χ3v) is 4.42. The average Bonchev–Trinajstić information content (AvgIpc) is 3.56. The summed E-state index contributed by atoms with van der Waals surface area (Å²) in [7, 11) is 0. The second-order valence-electron chi connectivity index (χ2n) is 6.52. The quantitative estimate of drug-likeness (QED) is 0.165. The minimum absolute atomic E-state index is 0. The smallest absolute Gasteiger partial charge is 0.753 e. The third-order valence-electron chi connectivity index (χ3n) is 4.42. The van der Waals surface area contributed by atoms with E-state index in [1.54, 1.807) is 12.4 Å². The number of pyridine rings is 4. The van der Waals surface area contributed by atoms with Crippen LogP contribution in [0.4, 0.5) is 0 Å². The fourth-order valence-electron chi connectivity index (χ4n) is 3.02. The van der Waals surface area contributed by atoms with E-state index in [9.17, 15) is 0 Å². The Morgan fingerprint density at radius 1 is 0.568 bits per heavy atom. The first-order valence-corrected chi connectivity index (χ1v) is 11.0. The molecule has 0 saturated carbocycles. The van der Waals surface area contributed by atoms with Gasteiger partial charge in [0, 0.05) is 24.8 Å². The van der Waals surface area contributed by atoms with Crippen LogP contribution >= 0.6 is 24.4 Å². The Labute approximate surface area is 233 Å². The maximum atomic E-state index is 7.13. The van der Waals surface area contributed by atoms with Gasteiger partial charge in [-0.05, 0) is 48.5 Å². The van der Waals surface area contributed by atoms with Gasteiger partial charge in [-0.25, -0.2) is 0 Å². The van der Waals surface area contributed by atoms with Crippen molar-refractivity contribution in [3.05, 3.63) is 108 Å². The van der Waals surface area contributed by atoms with Crippen molar-refractivity contribution in [2.24, 2.45) is 0 Å². The van der Waals surface area contributed by atoms with Gasteiger partial charge in [0.1, 0.15) is 11.4 Å². The molecule has 0 saturated heterocycles.